The summed E-state index contributed by atoms with van der Waals surface area (Å²) < 4.78 is 0. The zero-order chi connectivity index (χ0) is 19.2. The van der Waals surface area contributed by atoms with Crippen LogP contribution in [0.15, 0.2) is 88.1 Å². The van der Waals surface area contributed by atoms with Crippen molar-refractivity contribution in [2.45, 2.75) is 32.6 Å². The van der Waals surface area contributed by atoms with Gasteiger partial charge in [0.1, 0.15) is 0 Å². The zero-order valence-corrected chi connectivity index (χ0v) is 17.2. The van der Waals surface area contributed by atoms with Gasteiger partial charge in [-0.05, 0) is 69.0 Å². The normalized spacial score (nSPS) is 11.9. The average molecular weight is 372 g/mol. The Kier molecular flexibility index (Phi) is 6.31. The molecule has 3 aromatic rings. The molecule has 0 aliphatic rings. The second-order valence-electron chi connectivity index (χ2n) is 6.88. The van der Waals surface area contributed by atoms with Crippen molar-refractivity contribution in [1.29, 1.82) is 0 Å². The number of hydrogen-bond acceptors (Lipinski definition) is 2. The molecule has 0 aliphatic heterocycles. The highest BCUT2D eigenvalue weighted by Gasteiger charge is 2.05. The minimum absolute atomic E-state index is 0.973. The number of aryl methyl sites for hydroxylation is 4. The summed E-state index contributed by atoms with van der Waals surface area (Å²) in [7, 11) is 0. The van der Waals surface area contributed by atoms with E-state index in [2.05, 4.69) is 106 Å². The predicted molar refractivity (Wildman–Crippen MR) is 119 cm³/mol. The van der Waals surface area contributed by atoms with E-state index in [9.17, 15) is 0 Å². The van der Waals surface area contributed by atoms with Gasteiger partial charge in [-0.1, -0.05) is 70.9 Å². The summed E-state index contributed by atoms with van der Waals surface area (Å²) in [6.07, 6.45) is 2.11. The van der Waals surface area contributed by atoms with Crippen LogP contribution in [0.25, 0.3) is 0 Å². The Labute approximate surface area is 166 Å². The van der Waals surface area contributed by atoms with E-state index >= 15 is 0 Å². The van der Waals surface area contributed by atoms with Crippen LogP contribution >= 0.6 is 11.8 Å². The summed E-state index contributed by atoms with van der Waals surface area (Å²) in [5.74, 6) is 0. The first kappa shape index (κ1) is 19.2. The Balaban J connectivity index is 1.92. The van der Waals surface area contributed by atoms with Crippen molar-refractivity contribution in [2.75, 3.05) is 0 Å². The molecule has 1 nitrogen and oxygen atoms in total. The van der Waals surface area contributed by atoms with E-state index in [-0.39, 0.29) is 0 Å². The third-order valence-electron chi connectivity index (χ3n) is 4.39. The molecular weight excluding hydrogens is 346 g/mol. The largest absolute Gasteiger partial charge is 0.248 e. The molecule has 0 amide bonds. The molecule has 3 rings (SSSR count). The van der Waals surface area contributed by atoms with Gasteiger partial charge in [0.25, 0.3) is 0 Å². The molecule has 136 valence electrons. The Morgan fingerprint density at radius 3 is 1.96 bits per heavy atom. The standard InChI is InChI=1S/C25H25NS/c1-18-5-10-22(11-6-18)26-25(24-14-9-20(3)17-21(24)4)15-16-27-23-12-7-19(2)8-13-23/h5-17H,1-4H3. The van der Waals surface area contributed by atoms with Crippen molar-refractivity contribution in [3.63, 3.8) is 0 Å². The zero-order valence-electron chi connectivity index (χ0n) is 16.4. The highest BCUT2D eigenvalue weighted by atomic mass is 32.2. The van der Waals surface area contributed by atoms with E-state index in [0.29, 0.717) is 0 Å². The maximum atomic E-state index is 4.92. The minimum Gasteiger partial charge on any atom is -0.248 e. The van der Waals surface area contributed by atoms with Crippen LogP contribution < -0.4 is 0 Å². The van der Waals surface area contributed by atoms with Crippen LogP contribution in [0.1, 0.15) is 27.8 Å². The summed E-state index contributed by atoms with van der Waals surface area (Å²) in [6, 6.07) is 23.4. The first-order valence-corrected chi connectivity index (χ1v) is 10.0. The topological polar surface area (TPSA) is 12.4 Å². The molecule has 0 aliphatic carbocycles. The number of nitrogens with zero attached hydrogens (tertiary/aromatic N) is 1. The first-order valence-electron chi connectivity index (χ1n) is 9.14. The molecule has 0 aromatic heterocycles. The Morgan fingerprint density at radius 1 is 0.741 bits per heavy atom. The third-order valence-corrected chi connectivity index (χ3v) is 5.21. The van der Waals surface area contributed by atoms with Crippen LogP contribution in [-0.4, -0.2) is 5.71 Å². The molecule has 3 aromatic carbocycles. The summed E-state index contributed by atoms with van der Waals surface area (Å²) in [5, 5.41) is 2.12. The Bertz CT molecular complexity index is 964. The minimum atomic E-state index is 0.973. The van der Waals surface area contributed by atoms with E-state index in [1.807, 2.05) is 0 Å². The molecular formula is C25H25NS. The van der Waals surface area contributed by atoms with Crippen LogP contribution in [-0.2, 0) is 0 Å². The van der Waals surface area contributed by atoms with E-state index < -0.39 is 0 Å². The fourth-order valence-electron chi connectivity index (χ4n) is 2.84. The third kappa shape index (κ3) is 5.45. The predicted octanol–water partition coefficient (Wildman–Crippen LogP) is 7.35. The Morgan fingerprint density at radius 2 is 1.33 bits per heavy atom. The summed E-state index contributed by atoms with van der Waals surface area (Å²) in [4.78, 5) is 6.15. The maximum Gasteiger partial charge on any atom is 0.0717 e. The Hall–Kier alpha value is -2.58. The van der Waals surface area contributed by atoms with Gasteiger partial charge in [0.05, 0.1) is 11.4 Å². The van der Waals surface area contributed by atoms with E-state index in [1.165, 1.54) is 32.7 Å². The van der Waals surface area contributed by atoms with Crippen molar-refractivity contribution < 1.29 is 0 Å². The van der Waals surface area contributed by atoms with Crippen LogP contribution in [0.3, 0.4) is 0 Å². The maximum absolute atomic E-state index is 4.92. The van der Waals surface area contributed by atoms with Crippen molar-refractivity contribution in [3.8, 4) is 0 Å². The smallest absolute Gasteiger partial charge is 0.0717 e. The number of hydrogen-bond donors (Lipinski definition) is 0. The molecule has 2 heteroatoms. The fraction of sp³-hybridized carbons (Fsp3) is 0.160. The molecule has 27 heavy (non-hydrogen) atoms. The molecule has 0 atom stereocenters. The van der Waals surface area contributed by atoms with Gasteiger partial charge >= 0.3 is 0 Å². The van der Waals surface area contributed by atoms with Gasteiger partial charge in [-0.15, -0.1) is 0 Å². The summed E-state index contributed by atoms with van der Waals surface area (Å²) >= 11 is 1.71. The molecule has 0 N–H and O–H groups in total. The van der Waals surface area contributed by atoms with Crippen molar-refractivity contribution in [2.24, 2.45) is 4.99 Å². The van der Waals surface area contributed by atoms with Crippen LogP contribution in [0.4, 0.5) is 5.69 Å². The number of benzene rings is 3. The number of allylic oxidation sites excluding steroid dienone is 1. The lowest BCUT2D eigenvalue weighted by Gasteiger charge is -2.08. The lowest BCUT2D eigenvalue weighted by atomic mass is 10.0. The molecule has 0 saturated carbocycles. The summed E-state index contributed by atoms with van der Waals surface area (Å²) in [6.45, 7) is 8.47. The molecule has 0 saturated heterocycles. The van der Waals surface area contributed by atoms with Crippen molar-refractivity contribution in [1.82, 2.24) is 0 Å². The quantitative estimate of drug-likeness (QED) is 0.337. The van der Waals surface area contributed by atoms with Gasteiger partial charge in [-0.2, -0.15) is 0 Å². The van der Waals surface area contributed by atoms with Crippen LogP contribution in [0, 0.1) is 27.7 Å². The van der Waals surface area contributed by atoms with Gasteiger partial charge < -0.3 is 0 Å². The molecule has 0 bridgehead atoms. The SMILES string of the molecule is Cc1ccc(N=C(C=CSc2ccc(C)cc2)c2ccc(C)cc2C)cc1. The number of aliphatic imine (C=N–C) groups is 1. The van der Waals surface area contributed by atoms with Gasteiger partial charge in [0.2, 0.25) is 0 Å². The second kappa shape index (κ2) is 8.88. The highest BCUT2D eigenvalue weighted by molar-refractivity contribution is 8.02. The van der Waals surface area contributed by atoms with Gasteiger partial charge in [0, 0.05) is 10.5 Å². The van der Waals surface area contributed by atoms with Gasteiger partial charge in [-0.3, -0.25) is 0 Å². The lowest BCUT2D eigenvalue weighted by Crippen LogP contribution is -2.00. The molecule has 0 fully saturated rings. The number of rotatable bonds is 5. The van der Waals surface area contributed by atoms with Crippen molar-refractivity contribution in [3.05, 3.63) is 106 Å². The first-order chi connectivity index (χ1) is 13.0. The molecule has 0 heterocycles. The number of thioether (sulfide) groups is 1. The second-order valence-corrected chi connectivity index (χ2v) is 7.86. The van der Waals surface area contributed by atoms with Crippen LogP contribution in [0.2, 0.25) is 0 Å². The van der Waals surface area contributed by atoms with E-state index in [1.54, 1.807) is 11.8 Å². The van der Waals surface area contributed by atoms with Crippen LogP contribution in [0.5, 0.6) is 0 Å². The van der Waals surface area contributed by atoms with E-state index in [0.717, 1.165) is 11.4 Å². The molecule has 0 unspecified atom stereocenters. The average Bonchev–Trinajstić information content (AvgIpc) is 2.64. The lowest BCUT2D eigenvalue weighted by molar-refractivity contribution is 1.36. The monoisotopic (exact) mass is 371 g/mol. The van der Waals surface area contributed by atoms with Crippen molar-refractivity contribution >= 4 is 23.2 Å². The fourth-order valence-corrected chi connectivity index (χ4v) is 3.49. The molecule has 0 spiro atoms. The highest BCUT2D eigenvalue weighted by Crippen LogP contribution is 2.22. The van der Waals surface area contributed by atoms with Gasteiger partial charge in [0.15, 0.2) is 0 Å². The summed E-state index contributed by atoms with van der Waals surface area (Å²) in [5.41, 5.74) is 8.15. The molecule has 0 radical (unpaired) electrons. The van der Waals surface area contributed by atoms with Gasteiger partial charge in [-0.25, -0.2) is 4.99 Å². The van der Waals surface area contributed by atoms with E-state index in [4.69, 9.17) is 4.99 Å².